The minimum atomic E-state index is 0.250. The highest BCUT2D eigenvalue weighted by molar-refractivity contribution is 4.99. The molecule has 2 aliphatic heterocycles. The van der Waals surface area contributed by atoms with Crippen LogP contribution in [-0.2, 0) is 4.74 Å². The summed E-state index contributed by atoms with van der Waals surface area (Å²) >= 11 is 0. The van der Waals surface area contributed by atoms with Gasteiger partial charge in [-0.15, -0.1) is 0 Å². The van der Waals surface area contributed by atoms with E-state index in [1.807, 2.05) is 0 Å². The highest BCUT2D eigenvalue weighted by Gasteiger charge is 2.46. The molecular weight excluding hydrogens is 152 g/mol. The topological polar surface area (TPSA) is 47.3 Å². The Kier molecular flexibility index (Phi) is 2.10. The van der Waals surface area contributed by atoms with E-state index < -0.39 is 0 Å². The van der Waals surface area contributed by atoms with Gasteiger partial charge < -0.3 is 15.8 Å². The Labute approximate surface area is 73.7 Å². The van der Waals surface area contributed by atoms with Gasteiger partial charge in [0.1, 0.15) is 0 Å². The molecule has 0 aromatic rings. The summed E-state index contributed by atoms with van der Waals surface area (Å²) in [6, 6.07) is 0.250. The van der Waals surface area contributed by atoms with Crippen LogP contribution in [0, 0.1) is 5.41 Å². The van der Waals surface area contributed by atoms with Crippen molar-refractivity contribution >= 4 is 0 Å². The van der Waals surface area contributed by atoms with Gasteiger partial charge in [-0.25, -0.2) is 0 Å². The van der Waals surface area contributed by atoms with Crippen LogP contribution in [0.4, 0.5) is 0 Å². The van der Waals surface area contributed by atoms with Crippen molar-refractivity contribution in [2.75, 3.05) is 19.7 Å². The highest BCUT2D eigenvalue weighted by atomic mass is 16.5. The molecule has 12 heavy (non-hydrogen) atoms. The van der Waals surface area contributed by atoms with Gasteiger partial charge in [0.15, 0.2) is 0 Å². The second-order valence-corrected chi connectivity index (χ2v) is 4.15. The second-order valence-electron chi connectivity index (χ2n) is 4.15. The molecule has 2 heterocycles. The summed E-state index contributed by atoms with van der Waals surface area (Å²) in [6.45, 7) is 5.16. The summed E-state index contributed by atoms with van der Waals surface area (Å²) in [6.07, 6.45) is 2.61. The summed E-state index contributed by atoms with van der Waals surface area (Å²) in [4.78, 5) is 0. The molecular formula is C9H18N2O. The van der Waals surface area contributed by atoms with Gasteiger partial charge in [0.05, 0.1) is 12.7 Å². The molecule has 3 heteroatoms. The molecule has 0 saturated carbocycles. The first-order chi connectivity index (χ1) is 5.75. The van der Waals surface area contributed by atoms with Crippen molar-refractivity contribution in [1.29, 1.82) is 0 Å². The predicted molar refractivity (Wildman–Crippen MR) is 47.9 cm³/mol. The van der Waals surface area contributed by atoms with Crippen LogP contribution in [0.2, 0.25) is 0 Å². The normalized spacial score (nSPS) is 40.5. The maximum Gasteiger partial charge on any atom is 0.0704 e. The van der Waals surface area contributed by atoms with Gasteiger partial charge in [-0.2, -0.15) is 0 Å². The number of piperidine rings is 1. The average molecular weight is 170 g/mol. The minimum Gasteiger partial charge on any atom is -0.376 e. The van der Waals surface area contributed by atoms with Gasteiger partial charge in [-0.3, -0.25) is 0 Å². The van der Waals surface area contributed by atoms with Gasteiger partial charge in [-0.05, 0) is 32.9 Å². The van der Waals surface area contributed by atoms with Crippen molar-refractivity contribution < 1.29 is 4.74 Å². The molecule has 3 nitrogen and oxygen atoms in total. The molecule has 0 aromatic heterocycles. The van der Waals surface area contributed by atoms with Gasteiger partial charge in [0, 0.05) is 11.5 Å². The zero-order valence-electron chi connectivity index (χ0n) is 7.68. The Morgan fingerprint density at radius 3 is 2.58 bits per heavy atom. The number of ether oxygens (including phenoxy) is 1. The van der Waals surface area contributed by atoms with Crippen LogP contribution in [-0.4, -0.2) is 31.8 Å². The lowest BCUT2D eigenvalue weighted by Gasteiger charge is -2.36. The smallest absolute Gasteiger partial charge is 0.0704 e. The third-order valence-electron chi connectivity index (χ3n) is 3.45. The maximum absolute atomic E-state index is 6.14. The molecule has 0 radical (unpaired) electrons. The van der Waals surface area contributed by atoms with E-state index in [2.05, 4.69) is 12.2 Å². The first-order valence-corrected chi connectivity index (χ1v) is 4.82. The van der Waals surface area contributed by atoms with E-state index in [1.165, 1.54) is 12.8 Å². The SMILES string of the molecule is C[C@H]1OCC2(CCNCC2)[C@H]1N. The summed E-state index contributed by atoms with van der Waals surface area (Å²) in [5.41, 5.74) is 6.43. The first-order valence-electron chi connectivity index (χ1n) is 4.82. The van der Waals surface area contributed by atoms with Gasteiger partial charge >= 0.3 is 0 Å². The lowest BCUT2D eigenvalue weighted by Crippen LogP contribution is -2.49. The molecule has 0 amide bonds. The largest absolute Gasteiger partial charge is 0.376 e. The second kappa shape index (κ2) is 2.98. The molecule has 70 valence electrons. The van der Waals surface area contributed by atoms with Crippen LogP contribution in [0.3, 0.4) is 0 Å². The lowest BCUT2D eigenvalue weighted by atomic mass is 9.74. The standard InChI is InChI=1S/C9H18N2O/c1-7-8(10)9(6-12-7)2-4-11-5-3-9/h7-8,11H,2-6,10H2,1H3/t7-,8+/m1/s1. The average Bonchev–Trinajstić information content (AvgIpc) is 2.37. The van der Waals surface area contributed by atoms with Crippen LogP contribution in [0.15, 0.2) is 0 Å². The highest BCUT2D eigenvalue weighted by Crippen LogP contribution is 2.39. The predicted octanol–water partition coefficient (Wildman–Crippen LogP) is 0.102. The third-order valence-corrected chi connectivity index (χ3v) is 3.45. The van der Waals surface area contributed by atoms with E-state index in [-0.39, 0.29) is 12.1 Å². The molecule has 0 bridgehead atoms. The maximum atomic E-state index is 6.14. The molecule has 2 saturated heterocycles. The first kappa shape index (κ1) is 8.48. The van der Waals surface area contributed by atoms with E-state index in [9.17, 15) is 0 Å². The van der Waals surface area contributed by atoms with E-state index in [0.29, 0.717) is 5.41 Å². The Balaban J connectivity index is 2.09. The summed E-state index contributed by atoms with van der Waals surface area (Å²) in [7, 11) is 0. The molecule has 2 fully saturated rings. The van der Waals surface area contributed by atoms with Crippen molar-refractivity contribution in [2.24, 2.45) is 11.1 Å². The van der Waals surface area contributed by atoms with Crippen LogP contribution < -0.4 is 11.1 Å². The summed E-state index contributed by atoms with van der Waals surface area (Å²) < 4.78 is 5.61. The van der Waals surface area contributed by atoms with Crippen LogP contribution in [0.1, 0.15) is 19.8 Å². The van der Waals surface area contributed by atoms with Gasteiger partial charge in [-0.1, -0.05) is 0 Å². The Morgan fingerprint density at radius 2 is 2.08 bits per heavy atom. The van der Waals surface area contributed by atoms with Crippen LogP contribution >= 0.6 is 0 Å². The Morgan fingerprint density at radius 1 is 1.42 bits per heavy atom. The Hall–Kier alpha value is -0.120. The number of rotatable bonds is 0. The van der Waals surface area contributed by atoms with E-state index in [4.69, 9.17) is 10.5 Å². The van der Waals surface area contributed by atoms with Crippen molar-refractivity contribution in [3.05, 3.63) is 0 Å². The van der Waals surface area contributed by atoms with Crippen molar-refractivity contribution in [1.82, 2.24) is 5.32 Å². The van der Waals surface area contributed by atoms with E-state index >= 15 is 0 Å². The monoisotopic (exact) mass is 170 g/mol. The van der Waals surface area contributed by atoms with E-state index in [1.54, 1.807) is 0 Å². The number of nitrogens with two attached hydrogens (primary N) is 1. The molecule has 3 N–H and O–H groups in total. The fraction of sp³-hybridized carbons (Fsp3) is 1.00. The fourth-order valence-corrected chi connectivity index (χ4v) is 2.40. The number of hydrogen-bond acceptors (Lipinski definition) is 3. The fourth-order valence-electron chi connectivity index (χ4n) is 2.40. The lowest BCUT2D eigenvalue weighted by molar-refractivity contribution is 0.0952. The Bertz CT molecular complexity index is 160. The minimum absolute atomic E-state index is 0.250. The van der Waals surface area contributed by atoms with Crippen LogP contribution in [0.5, 0.6) is 0 Å². The van der Waals surface area contributed by atoms with Gasteiger partial charge in [0.25, 0.3) is 0 Å². The molecule has 0 unspecified atom stereocenters. The van der Waals surface area contributed by atoms with Crippen molar-refractivity contribution in [3.8, 4) is 0 Å². The zero-order chi connectivity index (χ0) is 8.60. The summed E-state index contributed by atoms with van der Waals surface area (Å²) in [5.74, 6) is 0. The van der Waals surface area contributed by atoms with Crippen LogP contribution in [0.25, 0.3) is 0 Å². The molecule has 2 atom stereocenters. The summed E-state index contributed by atoms with van der Waals surface area (Å²) in [5, 5.41) is 3.36. The molecule has 0 aromatic carbocycles. The zero-order valence-corrected chi connectivity index (χ0v) is 7.68. The van der Waals surface area contributed by atoms with Crippen molar-refractivity contribution in [3.63, 3.8) is 0 Å². The third kappa shape index (κ3) is 1.16. The quantitative estimate of drug-likeness (QED) is 0.542. The number of nitrogens with one attached hydrogen (secondary N) is 1. The molecule has 2 aliphatic rings. The molecule has 0 aliphatic carbocycles. The van der Waals surface area contributed by atoms with Crippen molar-refractivity contribution in [2.45, 2.75) is 31.9 Å². The number of hydrogen-bond donors (Lipinski definition) is 2. The van der Waals surface area contributed by atoms with E-state index in [0.717, 1.165) is 19.7 Å². The molecule has 1 spiro atoms. The molecule has 2 rings (SSSR count). The van der Waals surface area contributed by atoms with Gasteiger partial charge in [0.2, 0.25) is 0 Å².